The molecule has 6 nitrogen and oxygen atoms in total. The van der Waals surface area contributed by atoms with Gasteiger partial charge in [-0.05, 0) is 68.3 Å². The number of ether oxygens (including phenoxy) is 2. The van der Waals surface area contributed by atoms with Crippen molar-refractivity contribution in [3.05, 3.63) is 77.6 Å². The van der Waals surface area contributed by atoms with Crippen LogP contribution in [0.1, 0.15) is 35.3 Å². The van der Waals surface area contributed by atoms with E-state index in [1.165, 1.54) is 11.3 Å². The Morgan fingerprint density at radius 2 is 1.91 bits per heavy atom. The van der Waals surface area contributed by atoms with Crippen LogP contribution in [0, 0.1) is 6.92 Å². The summed E-state index contributed by atoms with van der Waals surface area (Å²) in [4.78, 5) is 24.3. The second-order valence-corrected chi connectivity index (χ2v) is 8.68. The minimum atomic E-state index is -0.138. The van der Waals surface area contributed by atoms with E-state index in [4.69, 9.17) is 14.5 Å². The lowest BCUT2D eigenvalue weighted by molar-refractivity contribution is 0.0985. The van der Waals surface area contributed by atoms with Gasteiger partial charge in [-0.3, -0.25) is 14.7 Å². The van der Waals surface area contributed by atoms with Gasteiger partial charge in [-0.25, -0.2) is 4.98 Å². The number of nitrogens with zero attached hydrogens (tertiary/aromatic N) is 3. The molecule has 0 saturated carbocycles. The normalized spacial score (nSPS) is 11.0. The Morgan fingerprint density at radius 3 is 2.56 bits per heavy atom. The zero-order valence-electron chi connectivity index (χ0n) is 18.5. The number of carbonyl (C=O) groups is 1. The molecule has 4 aromatic rings. The molecule has 0 aliphatic rings. The Balaban J connectivity index is 1.74. The van der Waals surface area contributed by atoms with Gasteiger partial charge in [0.15, 0.2) is 5.13 Å². The van der Waals surface area contributed by atoms with Gasteiger partial charge in [0.25, 0.3) is 5.91 Å². The summed E-state index contributed by atoms with van der Waals surface area (Å²) in [5, 5.41) is 0.615. The Kier molecular flexibility index (Phi) is 6.37. The maximum absolute atomic E-state index is 13.6. The average Bonchev–Trinajstić information content (AvgIpc) is 3.24. The smallest absolute Gasteiger partial charge is 0.260 e. The fourth-order valence-electron chi connectivity index (χ4n) is 3.38. The van der Waals surface area contributed by atoms with E-state index < -0.39 is 0 Å². The predicted molar refractivity (Wildman–Crippen MR) is 128 cm³/mol. The van der Waals surface area contributed by atoms with Gasteiger partial charge in [0.1, 0.15) is 17.0 Å². The Morgan fingerprint density at radius 1 is 1.12 bits per heavy atom. The van der Waals surface area contributed by atoms with Crippen LogP contribution in [0.4, 0.5) is 5.13 Å². The monoisotopic (exact) mass is 447 g/mol. The van der Waals surface area contributed by atoms with Crippen molar-refractivity contribution in [2.45, 2.75) is 33.4 Å². The number of carbonyl (C=O) groups excluding carboxylic acids is 1. The van der Waals surface area contributed by atoms with Gasteiger partial charge in [0.2, 0.25) is 0 Å². The maximum atomic E-state index is 13.6. The van der Waals surface area contributed by atoms with Crippen LogP contribution in [0.3, 0.4) is 0 Å². The van der Waals surface area contributed by atoms with Gasteiger partial charge >= 0.3 is 0 Å². The Bertz CT molecular complexity index is 1220. The number of anilines is 1. The lowest BCUT2D eigenvalue weighted by Gasteiger charge is -2.20. The number of fused-ring (bicyclic) bond motifs is 1. The largest absolute Gasteiger partial charge is 0.494 e. The first kappa shape index (κ1) is 21.8. The van der Waals surface area contributed by atoms with Gasteiger partial charge in [0.05, 0.1) is 24.5 Å². The number of rotatable bonds is 7. The van der Waals surface area contributed by atoms with Crippen molar-refractivity contribution in [3.63, 3.8) is 0 Å². The second kappa shape index (κ2) is 9.36. The molecule has 0 aliphatic carbocycles. The molecule has 164 valence electrons. The summed E-state index contributed by atoms with van der Waals surface area (Å²) in [5.41, 5.74) is 3.34. The second-order valence-electron chi connectivity index (χ2n) is 7.70. The molecule has 2 aromatic heterocycles. The SMILES string of the molecule is COc1ccc(C)c2sc(N(Cc3cccnc3)C(=O)c3ccc(OC(C)C)cc3)nc12. The minimum absolute atomic E-state index is 0.0691. The van der Waals surface area contributed by atoms with Crippen molar-refractivity contribution in [1.82, 2.24) is 9.97 Å². The van der Waals surface area contributed by atoms with Crippen LogP contribution in [0.15, 0.2) is 60.9 Å². The zero-order chi connectivity index (χ0) is 22.7. The number of benzene rings is 2. The molecule has 0 fully saturated rings. The summed E-state index contributed by atoms with van der Waals surface area (Å²) in [5.74, 6) is 1.29. The summed E-state index contributed by atoms with van der Waals surface area (Å²) in [7, 11) is 1.63. The number of hydrogen-bond acceptors (Lipinski definition) is 6. The van der Waals surface area contributed by atoms with Crippen LogP contribution in [0.25, 0.3) is 10.2 Å². The highest BCUT2D eigenvalue weighted by molar-refractivity contribution is 7.22. The molecule has 1 amide bonds. The fourth-order valence-corrected chi connectivity index (χ4v) is 4.43. The number of aromatic nitrogens is 2. The maximum Gasteiger partial charge on any atom is 0.260 e. The molecule has 2 heterocycles. The molecule has 0 radical (unpaired) electrons. The summed E-state index contributed by atoms with van der Waals surface area (Å²) in [6.07, 6.45) is 3.55. The molecule has 2 aromatic carbocycles. The zero-order valence-corrected chi connectivity index (χ0v) is 19.3. The van der Waals surface area contributed by atoms with Gasteiger partial charge in [-0.15, -0.1) is 0 Å². The summed E-state index contributed by atoms with van der Waals surface area (Å²) >= 11 is 1.48. The van der Waals surface area contributed by atoms with Crippen LogP contribution in [0.2, 0.25) is 0 Å². The summed E-state index contributed by atoms with van der Waals surface area (Å²) in [6, 6.07) is 14.9. The van der Waals surface area contributed by atoms with E-state index in [9.17, 15) is 4.79 Å². The van der Waals surface area contributed by atoms with Crippen LogP contribution in [-0.2, 0) is 6.54 Å². The first-order valence-corrected chi connectivity index (χ1v) is 11.2. The van der Waals surface area contributed by atoms with Crippen LogP contribution in [0.5, 0.6) is 11.5 Å². The van der Waals surface area contributed by atoms with Crippen molar-refractivity contribution in [2.75, 3.05) is 12.0 Å². The van der Waals surface area contributed by atoms with Crippen LogP contribution < -0.4 is 14.4 Å². The van der Waals surface area contributed by atoms with E-state index in [0.717, 1.165) is 27.1 Å². The van der Waals surface area contributed by atoms with Gasteiger partial charge in [0, 0.05) is 18.0 Å². The van der Waals surface area contributed by atoms with E-state index >= 15 is 0 Å². The molecule has 0 bridgehead atoms. The summed E-state index contributed by atoms with van der Waals surface area (Å²) < 4.78 is 12.2. The van der Waals surface area contributed by atoms with Crippen molar-refractivity contribution in [3.8, 4) is 11.5 Å². The van der Waals surface area contributed by atoms with Gasteiger partial charge in [-0.2, -0.15) is 0 Å². The number of thiazole rings is 1. The number of amides is 1. The molecule has 0 aliphatic heterocycles. The van der Waals surface area contributed by atoms with Crippen molar-refractivity contribution in [2.24, 2.45) is 0 Å². The van der Waals surface area contributed by atoms with E-state index in [1.807, 2.05) is 57.2 Å². The molecule has 7 heteroatoms. The topological polar surface area (TPSA) is 64.5 Å². The molecule has 0 N–H and O–H groups in total. The number of pyridine rings is 1. The Hall–Kier alpha value is -3.45. The highest BCUT2D eigenvalue weighted by atomic mass is 32.1. The third-order valence-corrected chi connectivity index (χ3v) is 6.14. The highest BCUT2D eigenvalue weighted by Gasteiger charge is 2.23. The van der Waals surface area contributed by atoms with Gasteiger partial charge in [-0.1, -0.05) is 23.5 Å². The molecule has 0 atom stereocenters. The van der Waals surface area contributed by atoms with E-state index in [1.54, 1.807) is 36.5 Å². The molecule has 0 unspecified atom stereocenters. The number of methoxy groups -OCH3 is 1. The molecule has 32 heavy (non-hydrogen) atoms. The number of aryl methyl sites for hydroxylation is 1. The molecular formula is C25H25N3O3S. The molecule has 0 spiro atoms. The molecular weight excluding hydrogens is 422 g/mol. The van der Waals surface area contributed by atoms with E-state index in [2.05, 4.69) is 4.98 Å². The fraction of sp³-hybridized carbons (Fsp3) is 0.240. The first-order valence-electron chi connectivity index (χ1n) is 10.4. The van der Waals surface area contributed by atoms with Crippen LogP contribution in [-0.4, -0.2) is 29.1 Å². The van der Waals surface area contributed by atoms with Gasteiger partial charge < -0.3 is 9.47 Å². The lowest BCUT2D eigenvalue weighted by Crippen LogP contribution is -2.30. The van der Waals surface area contributed by atoms with Crippen LogP contribution >= 0.6 is 11.3 Å². The van der Waals surface area contributed by atoms with Crippen molar-refractivity contribution in [1.29, 1.82) is 0 Å². The van der Waals surface area contributed by atoms with E-state index in [-0.39, 0.29) is 12.0 Å². The van der Waals surface area contributed by atoms with Crippen molar-refractivity contribution >= 4 is 32.6 Å². The molecule has 4 rings (SSSR count). The first-order chi connectivity index (χ1) is 15.5. The van der Waals surface area contributed by atoms with Crippen molar-refractivity contribution < 1.29 is 14.3 Å². The average molecular weight is 448 g/mol. The quantitative estimate of drug-likeness (QED) is 0.367. The predicted octanol–water partition coefficient (Wildman–Crippen LogP) is 5.64. The van der Waals surface area contributed by atoms with E-state index in [0.29, 0.717) is 23.0 Å². The molecule has 0 saturated heterocycles. The third-order valence-electron chi connectivity index (χ3n) is 4.92. The minimum Gasteiger partial charge on any atom is -0.494 e. The summed E-state index contributed by atoms with van der Waals surface area (Å²) in [6.45, 7) is 6.33. The lowest BCUT2D eigenvalue weighted by atomic mass is 10.1. The standard InChI is InChI=1S/C25H25N3O3S/c1-16(2)31-20-10-8-19(9-11-20)24(29)28(15-18-6-5-13-26-14-18)25-27-22-21(30-4)12-7-17(3)23(22)32-25/h5-14,16H,15H2,1-4H3. The highest BCUT2D eigenvalue weighted by Crippen LogP contribution is 2.37. The third kappa shape index (κ3) is 4.57. The number of hydrogen-bond donors (Lipinski definition) is 0. The Labute approximate surface area is 191 Å².